The average molecular weight is 272 g/mol. The summed E-state index contributed by atoms with van der Waals surface area (Å²) in [7, 11) is 0. The number of ether oxygens (including phenoxy) is 1. The third-order valence-electron chi connectivity index (χ3n) is 3.36. The van der Waals surface area contributed by atoms with Crippen molar-refractivity contribution in [2.24, 2.45) is 0 Å². The second-order valence-electron chi connectivity index (χ2n) is 6.13. The van der Waals surface area contributed by atoms with Gasteiger partial charge in [-0.25, -0.2) is 4.98 Å². The van der Waals surface area contributed by atoms with Crippen LogP contribution in [0.25, 0.3) is 0 Å². The van der Waals surface area contributed by atoms with E-state index in [-0.39, 0.29) is 5.41 Å². The number of benzene rings is 1. The molecule has 0 aliphatic carbocycles. The SMILES string of the molecule is CC(C)(C)c1ccc(OCCCCn2ccnc2)cc1. The molecule has 0 fully saturated rings. The molecule has 0 N–H and O–H groups in total. The summed E-state index contributed by atoms with van der Waals surface area (Å²) in [5.41, 5.74) is 1.54. The summed E-state index contributed by atoms with van der Waals surface area (Å²) in [4.78, 5) is 4.03. The van der Waals surface area contributed by atoms with Gasteiger partial charge in [0.15, 0.2) is 0 Å². The van der Waals surface area contributed by atoms with E-state index in [9.17, 15) is 0 Å². The average Bonchev–Trinajstić information content (AvgIpc) is 2.91. The van der Waals surface area contributed by atoms with Crippen molar-refractivity contribution in [2.45, 2.75) is 45.6 Å². The maximum atomic E-state index is 5.77. The fourth-order valence-corrected chi connectivity index (χ4v) is 2.06. The van der Waals surface area contributed by atoms with Crippen LogP contribution >= 0.6 is 0 Å². The van der Waals surface area contributed by atoms with Crippen molar-refractivity contribution >= 4 is 0 Å². The predicted octanol–water partition coefficient (Wildman–Crippen LogP) is 4.04. The van der Waals surface area contributed by atoms with Crippen molar-refractivity contribution in [1.29, 1.82) is 0 Å². The highest BCUT2D eigenvalue weighted by atomic mass is 16.5. The van der Waals surface area contributed by atoms with Gasteiger partial charge >= 0.3 is 0 Å². The summed E-state index contributed by atoms with van der Waals surface area (Å²) in [6, 6.07) is 8.44. The van der Waals surface area contributed by atoms with E-state index in [1.165, 1.54) is 5.56 Å². The molecule has 0 saturated heterocycles. The molecule has 0 bridgehead atoms. The Bertz CT molecular complexity index is 495. The first-order chi connectivity index (χ1) is 9.55. The smallest absolute Gasteiger partial charge is 0.119 e. The van der Waals surface area contributed by atoms with Crippen LogP contribution in [0.5, 0.6) is 5.75 Å². The molecule has 3 heteroatoms. The molecular formula is C17H24N2O. The van der Waals surface area contributed by atoms with Gasteiger partial charge in [-0.05, 0) is 36.0 Å². The van der Waals surface area contributed by atoms with E-state index in [1.807, 2.05) is 18.7 Å². The number of hydrogen-bond acceptors (Lipinski definition) is 2. The zero-order chi connectivity index (χ0) is 14.4. The Hall–Kier alpha value is -1.77. The summed E-state index contributed by atoms with van der Waals surface area (Å²) < 4.78 is 7.86. The number of nitrogens with zero attached hydrogens (tertiary/aromatic N) is 2. The number of aryl methyl sites for hydroxylation is 1. The molecule has 0 unspecified atom stereocenters. The number of imidazole rings is 1. The van der Waals surface area contributed by atoms with Gasteiger partial charge in [0.2, 0.25) is 0 Å². The largest absolute Gasteiger partial charge is 0.494 e. The molecule has 0 radical (unpaired) electrons. The number of rotatable bonds is 6. The molecule has 2 aromatic rings. The first-order valence-electron chi connectivity index (χ1n) is 7.25. The first-order valence-corrected chi connectivity index (χ1v) is 7.25. The standard InChI is InChI=1S/C17H24N2O/c1-17(2,3)15-6-8-16(9-7-15)20-13-5-4-11-19-12-10-18-14-19/h6-10,12,14H,4-5,11,13H2,1-3H3. The molecule has 0 saturated carbocycles. The van der Waals surface area contributed by atoms with Crippen LogP contribution in [0.1, 0.15) is 39.2 Å². The highest BCUT2D eigenvalue weighted by Crippen LogP contribution is 2.24. The van der Waals surface area contributed by atoms with Crippen LogP contribution in [0.2, 0.25) is 0 Å². The van der Waals surface area contributed by atoms with Crippen LogP contribution in [0, 0.1) is 0 Å². The maximum absolute atomic E-state index is 5.77. The van der Waals surface area contributed by atoms with Crippen LogP contribution in [-0.4, -0.2) is 16.2 Å². The monoisotopic (exact) mass is 272 g/mol. The lowest BCUT2D eigenvalue weighted by Gasteiger charge is -2.19. The van der Waals surface area contributed by atoms with Gasteiger partial charge in [0.1, 0.15) is 5.75 Å². The predicted molar refractivity (Wildman–Crippen MR) is 82.1 cm³/mol. The van der Waals surface area contributed by atoms with Gasteiger partial charge in [-0.1, -0.05) is 32.9 Å². The zero-order valence-electron chi connectivity index (χ0n) is 12.7. The lowest BCUT2D eigenvalue weighted by molar-refractivity contribution is 0.303. The highest BCUT2D eigenvalue weighted by molar-refractivity contribution is 5.31. The van der Waals surface area contributed by atoms with Crippen LogP contribution in [0.4, 0.5) is 0 Å². The highest BCUT2D eigenvalue weighted by Gasteiger charge is 2.12. The molecule has 0 amide bonds. The molecule has 1 aromatic heterocycles. The minimum atomic E-state index is 0.198. The van der Waals surface area contributed by atoms with Gasteiger partial charge in [0.05, 0.1) is 12.9 Å². The Morgan fingerprint density at radius 1 is 1.10 bits per heavy atom. The Balaban J connectivity index is 1.69. The summed E-state index contributed by atoms with van der Waals surface area (Å²) in [6.07, 6.45) is 7.82. The van der Waals surface area contributed by atoms with E-state index in [4.69, 9.17) is 4.74 Å². The number of aromatic nitrogens is 2. The van der Waals surface area contributed by atoms with Crippen LogP contribution < -0.4 is 4.74 Å². The quantitative estimate of drug-likeness (QED) is 0.742. The molecule has 0 aliphatic heterocycles. The van der Waals surface area contributed by atoms with E-state index < -0.39 is 0 Å². The molecule has 1 heterocycles. The molecule has 1 aromatic carbocycles. The molecular weight excluding hydrogens is 248 g/mol. The lowest BCUT2D eigenvalue weighted by Crippen LogP contribution is -2.10. The lowest BCUT2D eigenvalue weighted by atomic mass is 9.87. The Labute approximate surface area is 121 Å². The van der Waals surface area contributed by atoms with Crippen molar-refractivity contribution < 1.29 is 4.74 Å². The van der Waals surface area contributed by atoms with Crippen molar-refractivity contribution in [3.05, 3.63) is 48.5 Å². The van der Waals surface area contributed by atoms with E-state index in [0.29, 0.717) is 0 Å². The third-order valence-corrected chi connectivity index (χ3v) is 3.36. The van der Waals surface area contributed by atoms with Crippen molar-refractivity contribution in [3.8, 4) is 5.75 Å². The first kappa shape index (κ1) is 14.6. The Kier molecular flexibility index (Phi) is 4.83. The van der Waals surface area contributed by atoms with Gasteiger partial charge in [0, 0.05) is 18.9 Å². The third kappa shape index (κ3) is 4.41. The van der Waals surface area contributed by atoms with Crippen molar-refractivity contribution in [1.82, 2.24) is 9.55 Å². The zero-order valence-corrected chi connectivity index (χ0v) is 12.7. The van der Waals surface area contributed by atoms with Crippen LogP contribution in [0.3, 0.4) is 0 Å². The van der Waals surface area contributed by atoms with Gasteiger partial charge < -0.3 is 9.30 Å². The summed E-state index contributed by atoms with van der Waals surface area (Å²) in [5.74, 6) is 0.959. The van der Waals surface area contributed by atoms with E-state index >= 15 is 0 Å². The Morgan fingerprint density at radius 3 is 2.45 bits per heavy atom. The molecule has 0 spiro atoms. The second-order valence-corrected chi connectivity index (χ2v) is 6.13. The number of hydrogen-bond donors (Lipinski definition) is 0. The van der Waals surface area contributed by atoms with E-state index in [0.717, 1.165) is 31.7 Å². The Morgan fingerprint density at radius 2 is 1.85 bits per heavy atom. The fraction of sp³-hybridized carbons (Fsp3) is 0.471. The fourth-order valence-electron chi connectivity index (χ4n) is 2.06. The van der Waals surface area contributed by atoms with Gasteiger partial charge in [-0.3, -0.25) is 0 Å². The molecule has 3 nitrogen and oxygen atoms in total. The van der Waals surface area contributed by atoms with Crippen molar-refractivity contribution in [3.63, 3.8) is 0 Å². The molecule has 108 valence electrons. The molecule has 0 aliphatic rings. The number of unbranched alkanes of at least 4 members (excludes halogenated alkanes) is 1. The van der Waals surface area contributed by atoms with Crippen molar-refractivity contribution in [2.75, 3.05) is 6.61 Å². The van der Waals surface area contributed by atoms with E-state index in [1.54, 1.807) is 0 Å². The second kappa shape index (κ2) is 6.60. The summed E-state index contributed by atoms with van der Waals surface area (Å²) >= 11 is 0. The normalized spacial score (nSPS) is 11.6. The minimum absolute atomic E-state index is 0.198. The molecule has 2 rings (SSSR count). The van der Waals surface area contributed by atoms with Crippen LogP contribution in [0.15, 0.2) is 43.0 Å². The maximum Gasteiger partial charge on any atom is 0.119 e. The summed E-state index contributed by atoms with van der Waals surface area (Å²) in [6.45, 7) is 8.44. The van der Waals surface area contributed by atoms with E-state index in [2.05, 4.69) is 54.6 Å². The molecule has 0 atom stereocenters. The molecule has 20 heavy (non-hydrogen) atoms. The topological polar surface area (TPSA) is 27.1 Å². The summed E-state index contributed by atoms with van der Waals surface area (Å²) in [5, 5.41) is 0. The van der Waals surface area contributed by atoms with Crippen LogP contribution in [-0.2, 0) is 12.0 Å². The van der Waals surface area contributed by atoms with Gasteiger partial charge in [-0.2, -0.15) is 0 Å². The van der Waals surface area contributed by atoms with Gasteiger partial charge in [-0.15, -0.1) is 0 Å². The van der Waals surface area contributed by atoms with Gasteiger partial charge in [0.25, 0.3) is 0 Å². The minimum Gasteiger partial charge on any atom is -0.494 e.